The Kier molecular flexibility index (Phi) is 3.41. The molecule has 0 unspecified atom stereocenters. The summed E-state index contributed by atoms with van der Waals surface area (Å²) < 4.78 is 6.69. The Morgan fingerprint density at radius 1 is 1.53 bits per heavy atom. The van der Waals surface area contributed by atoms with Crippen molar-refractivity contribution < 1.29 is 9.53 Å². The van der Waals surface area contributed by atoms with Gasteiger partial charge in [0.25, 0.3) is 0 Å². The highest BCUT2D eigenvalue weighted by Gasteiger charge is 2.21. The number of nitrogens with zero attached hydrogens (tertiary/aromatic N) is 2. The lowest BCUT2D eigenvalue weighted by atomic mass is 10.2. The maximum atomic E-state index is 12.1. The van der Waals surface area contributed by atoms with Crippen LogP contribution in [0.25, 0.3) is 11.0 Å². The normalized spacial score (nSPS) is 11.8. The third-order valence-electron chi connectivity index (χ3n) is 2.48. The highest BCUT2D eigenvalue weighted by molar-refractivity contribution is 6.18. The molecule has 2 aromatic heterocycles. The summed E-state index contributed by atoms with van der Waals surface area (Å²) in [4.78, 5) is 16.3. The van der Waals surface area contributed by atoms with E-state index in [2.05, 4.69) is 4.98 Å². The summed E-state index contributed by atoms with van der Waals surface area (Å²) in [6.45, 7) is 5.43. The minimum atomic E-state index is -0.567. The molecular formula is C13H16ClN3O2. The van der Waals surface area contributed by atoms with Crippen molar-refractivity contribution in [3.05, 3.63) is 24.0 Å². The summed E-state index contributed by atoms with van der Waals surface area (Å²) in [5.74, 6) is 0.275. The summed E-state index contributed by atoms with van der Waals surface area (Å²) in [6.07, 6.45) is 2.66. The number of pyridine rings is 1. The Labute approximate surface area is 116 Å². The average Bonchev–Trinajstić information content (AvgIpc) is 2.64. The quantitative estimate of drug-likeness (QED) is 0.815. The standard InChI is InChI=1S/C13H16ClN3O2/c1-13(2,3)19-12(18)17-7-8(5-14)10-4-9(15)6-16-11(10)17/h4,6-7H,5,15H2,1-3H3. The van der Waals surface area contributed by atoms with Crippen molar-refractivity contribution in [2.24, 2.45) is 0 Å². The highest BCUT2D eigenvalue weighted by Crippen LogP contribution is 2.24. The predicted molar refractivity (Wildman–Crippen MR) is 75.3 cm³/mol. The van der Waals surface area contributed by atoms with E-state index in [-0.39, 0.29) is 5.88 Å². The van der Waals surface area contributed by atoms with Crippen molar-refractivity contribution in [1.82, 2.24) is 9.55 Å². The number of fused-ring (bicyclic) bond motifs is 1. The van der Waals surface area contributed by atoms with Crippen LogP contribution in [0.1, 0.15) is 26.3 Å². The second-order valence-corrected chi connectivity index (χ2v) is 5.55. The van der Waals surface area contributed by atoms with Crippen LogP contribution in [0.2, 0.25) is 0 Å². The van der Waals surface area contributed by atoms with Crippen LogP contribution in [0, 0.1) is 0 Å². The summed E-state index contributed by atoms with van der Waals surface area (Å²) in [7, 11) is 0. The first kappa shape index (κ1) is 13.7. The van der Waals surface area contributed by atoms with Crippen LogP contribution in [-0.2, 0) is 10.6 Å². The molecule has 0 saturated heterocycles. The molecule has 0 fully saturated rings. The van der Waals surface area contributed by atoms with E-state index in [1.165, 1.54) is 10.8 Å². The van der Waals surface area contributed by atoms with Crippen LogP contribution in [-0.4, -0.2) is 21.2 Å². The monoisotopic (exact) mass is 281 g/mol. The van der Waals surface area contributed by atoms with Crippen LogP contribution in [0.15, 0.2) is 18.5 Å². The zero-order chi connectivity index (χ0) is 14.2. The van der Waals surface area contributed by atoms with Crippen LogP contribution < -0.4 is 5.73 Å². The lowest BCUT2D eigenvalue weighted by molar-refractivity contribution is 0.0543. The Bertz CT molecular complexity index is 629. The smallest absolute Gasteiger partial charge is 0.420 e. The molecule has 0 aliphatic carbocycles. The summed E-state index contributed by atoms with van der Waals surface area (Å²) in [6, 6.07) is 1.75. The van der Waals surface area contributed by atoms with Crippen molar-refractivity contribution >= 4 is 34.4 Å². The molecule has 2 aromatic rings. The van der Waals surface area contributed by atoms with Gasteiger partial charge in [-0.1, -0.05) is 0 Å². The van der Waals surface area contributed by atoms with Gasteiger partial charge in [0.05, 0.1) is 11.9 Å². The maximum absolute atomic E-state index is 12.1. The number of anilines is 1. The van der Waals surface area contributed by atoms with Gasteiger partial charge < -0.3 is 10.5 Å². The van der Waals surface area contributed by atoms with Crippen molar-refractivity contribution in [2.75, 3.05) is 5.73 Å². The zero-order valence-electron chi connectivity index (χ0n) is 11.1. The second kappa shape index (κ2) is 4.74. The van der Waals surface area contributed by atoms with Gasteiger partial charge in [0.2, 0.25) is 0 Å². The van der Waals surface area contributed by atoms with E-state index in [4.69, 9.17) is 22.1 Å². The van der Waals surface area contributed by atoms with Gasteiger partial charge >= 0.3 is 6.09 Å². The number of hydrogen-bond donors (Lipinski definition) is 1. The van der Waals surface area contributed by atoms with E-state index in [9.17, 15) is 4.79 Å². The van der Waals surface area contributed by atoms with E-state index >= 15 is 0 Å². The number of halogens is 1. The van der Waals surface area contributed by atoms with Gasteiger partial charge in [-0.05, 0) is 32.4 Å². The molecule has 5 nitrogen and oxygen atoms in total. The van der Waals surface area contributed by atoms with Crippen LogP contribution >= 0.6 is 11.6 Å². The van der Waals surface area contributed by atoms with Crippen LogP contribution in [0.4, 0.5) is 10.5 Å². The van der Waals surface area contributed by atoms with E-state index in [1.54, 1.807) is 12.3 Å². The molecule has 0 bridgehead atoms. The topological polar surface area (TPSA) is 70.1 Å². The fourth-order valence-electron chi connectivity index (χ4n) is 1.75. The van der Waals surface area contributed by atoms with Crippen molar-refractivity contribution in [1.29, 1.82) is 0 Å². The number of nitrogens with two attached hydrogens (primary N) is 1. The van der Waals surface area contributed by atoms with Crippen molar-refractivity contribution in [3.8, 4) is 0 Å². The minimum absolute atomic E-state index is 0.275. The van der Waals surface area contributed by atoms with Crippen molar-refractivity contribution in [2.45, 2.75) is 32.3 Å². The fraction of sp³-hybridized carbons (Fsp3) is 0.385. The Morgan fingerprint density at radius 3 is 2.79 bits per heavy atom. The van der Waals surface area contributed by atoms with Crippen LogP contribution in [0.3, 0.4) is 0 Å². The number of carbonyl (C=O) groups excluding carboxylic acids is 1. The molecule has 0 aliphatic rings. The summed E-state index contributed by atoms with van der Waals surface area (Å²) in [5.41, 5.74) is 6.96. The minimum Gasteiger partial charge on any atom is -0.443 e. The van der Waals surface area contributed by atoms with E-state index in [1.807, 2.05) is 20.8 Å². The lowest BCUT2D eigenvalue weighted by Crippen LogP contribution is -2.26. The molecule has 102 valence electrons. The molecule has 0 atom stereocenters. The number of aromatic nitrogens is 2. The molecule has 19 heavy (non-hydrogen) atoms. The van der Waals surface area contributed by atoms with Gasteiger partial charge in [-0.25, -0.2) is 14.3 Å². The van der Waals surface area contributed by atoms with E-state index < -0.39 is 11.7 Å². The molecule has 2 heterocycles. The molecular weight excluding hydrogens is 266 g/mol. The molecule has 6 heteroatoms. The molecule has 0 amide bonds. The van der Waals surface area contributed by atoms with Gasteiger partial charge in [0.1, 0.15) is 11.2 Å². The van der Waals surface area contributed by atoms with Gasteiger partial charge in [0.15, 0.2) is 0 Å². The zero-order valence-corrected chi connectivity index (χ0v) is 11.9. The maximum Gasteiger partial charge on any atom is 0.420 e. The Morgan fingerprint density at radius 2 is 2.21 bits per heavy atom. The number of alkyl halides is 1. The van der Waals surface area contributed by atoms with Gasteiger partial charge in [-0.2, -0.15) is 0 Å². The van der Waals surface area contributed by atoms with Gasteiger partial charge in [-0.15, -0.1) is 11.6 Å². The number of rotatable bonds is 1. The van der Waals surface area contributed by atoms with Gasteiger partial charge in [-0.3, -0.25) is 0 Å². The van der Waals surface area contributed by atoms with E-state index in [0.29, 0.717) is 11.3 Å². The molecule has 0 aliphatic heterocycles. The molecule has 2 N–H and O–H groups in total. The highest BCUT2D eigenvalue weighted by atomic mass is 35.5. The molecule has 0 aromatic carbocycles. The summed E-state index contributed by atoms with van der Waals surface area (Å²) in [5, 5.41) is 0.765. The van der Waals surface area contributed by atoms with Gasteiger partial charge in [0, 0.05) is 17.5 Å². The Balaban J connectivity index is 2.52. The largest absolute Gasteiger partial charge is 0.443 e. The lowest BCUT2D eigenvalue weighted by Gasteiger charge is -2.19. The molecule has 0 saturated carbocycles. The average molecular weight is 282 g/mol. The number of carbonyl (C=O) groups is 1. The third-order valence-corrected chi connectivity index (χ3v) is 2.77. The molecule has 0 radical (unpaired) electrons. The first-order chi connectivity index (χ1) is 8.81. The van der Waals surface area contributed by atoms with Crippen LogP contribution in [0.5, 0.6) is 0 Å². The van der Waals surface area contributed by atoms with Crippen molar-refractivity contribution in [3.63, 3.8) is 0 Å². The second-order valence-electron chi connectivity index (χ2n) is 5.28. The number of hydrogen-bond acceptors (Lipinski definition) is 4. The first-order valence-corrected chi connectivity index (χ1v) is 6.40. The predicted octanol–water partition coefficient (Wildman–Crippen LogP) is 3.14. The summed E-state index contributed by atoms with van der Waals surface area (Å²) >= 11 is 5.88. The number of nitrogen functional groups attached to an aromatic ring is 1. The Hall–Kier alpha value is -1.75. The third kappa shape index (κ3) is 2.81. The fourth-order valence-corrected chi connectivity index (χ4v) is 1.96. The number of ether oxygens (including phenoxy) is 1. The SMILES string of the molecule is CC(C)(C)OC(=O)n1cc(CCl)c2cc(N)cnc21. The van der Waals surface area contributed by atoms with E-state index in [0.717, 1.165) is 10.9 Å². The molecule has 2 rings (SSSR count). The molecule has 0 spiro atoms. The first-order valence-electron chi connectivity index (χ1n) is 5.86.